The Morgan fingerprint density at radius 1 is 1.06 bits per heavy atom. The minimum atomic E-state index is -0.520. The summed E-state index contributed by atoms with van der Waals surface area (Å²) >= 11 is 5.88. The topological polar surface area (TPSA) is 69.6 Å². The van der Waals surface area contributed by atoms with Crippen LogP contribution in [0.1, 0.15) is 30.0 Å². The van der Waals surface area contributed by atoms with E-state index in [0.29, 0.717) is 34.1 Å². The molecule has 0 aliphatic heterocycles. The first-order valence-corrected chi connectivity index (χ1v) is 11.3. The van der Waals surface area contributed by atoms with E-state index in [-0.39, 0.29) is 23.2 Å². The van der Waals surface area contributed by atoms with E-state index >= 15 is 0 Å². The lowest BCUT2D eigenvalue weighted by molar-refractivity contribution is 0.562. The lowest BCUT2D eigenvalue weighted by Crippen LogP contribution is -1.97. The second-order valence-corrected chi connectivity index (χ2v) is 8.74. The van der Waals surface area contributed by atoms with Crippen molar-refractivity contribution in [2.45, 2.75) is 24.6 Å². The van der Waals surface area contributed by atoms with E-state index in [2.05, 4.69) is 15.2 Å². The fraction of sp³-hybridized carbons (Fsp3) is 0.200. The van der Waals surface area contributed by atoms with Gasteiger partial charge in [-0.2, -0.15) is 0 Å². The molecule has 2 aromatic carbocycles. The highest BCUT2D eigenvalue weighted by molar-refractivity contribution is 6.17. The summed E-state index contributed by atoms with van der Waals surface area (Å²) in [7, 11) is 1.81. The van der Waals surface area contributed by atoms with E-state index < -0.39 is 5.82 Å². The number of oxazole rings is 1. The Morgan fingerprint density at radius 3 is 2.65 bits per heavy atom. The highest BCUT2D eigenvalue weighted by Gasteiger charge is 2.27. The molecule has 3 aromatic heterocycles. The maximum atomic E-state index is 14.5. The first-order chi connectivity index (χ1) is 16.5. The predicted molar refractivity (Wildman–Crippen MR) is 124 cm³/mol. The van der Waals surface area contributed by atoms with Crippen molar-refractivity contribution in [2.75, 3.05) is 0 Å². The van der Waals surface area contributed by atoms with Gasteiger partial charge in [0.2, 0.25) is 5.89 Å². The van der Waals surface area contributed by atoms with Crippen LogP contribution in [0, 0.1) is 11.6 Å². The minimum Gasteiger partial charge on any atom is -0.432 e. The molecular formula is C25H18ClF2N5O. The molecule has 34 heavy (non-hydrogen) atoms. The van der Waals surface area contributed by atoms with E-state index in [4.69, 9.17) is 21.0 Å². The zero-order valence-electron chi connectivity index (χ0n) is 18.1. The van der Waals surface area contributed by atoms with Crippen molar-refractivity contribution in [1.82, 2.24) is 24.7 Å². The summed E-state index contributed by atoms with van der Waals surface area (Å²) < 4.78 is 36.3. The summed E-state index contributed by atoms with van der Waals surface area (Å²) in [6, 6.07) is 11.4. The van der Waals surface area contributed by atoms with E-state index in [1.54, 1.807) is 30.1 Å². The van der Waals surface area contributed by atoms with Gasteiger partial charge in [0.15, 0.2) is 17.2 Å². The second kappa shape index (κ2) is 7.99. The molecule has 1 aliphatic carbocycles. The molecule has 0 radical (unpaired) electrons. The number of benzene rings is 2. The third-order valence-corrected chi connectivity index (χ3v) is 6.27. The first-order valence-electron chi connectivity index (χ1n) is 10.8. The lowest BCUT2D eigenvalue weighted by atomic mass is 9.97. The number of hydrogen-bond acceptors (Lipinski definition) is 5. The third-order valence-electron chi connectivity index (χ3n) is 5.96. The zero-order valence-corrected chi connectivity index (χ0v) is 18.9. The minimum absolute atomic E-state index is 0.0607. The quantitative estimate of drug-likeness (QED) is 0.280. The maximum Gasteiger partial charge on any atom is 0.246 e. The molecule has 3 heterocycles. The van der Waals surface area contributed by atoms with Gasteiger partial charge >= 0.3 is 0 Å². The Balaban J connectivity index is 1.54. The summed E-state index contributed by atoms with van der Waals surface area (Å²) in [6.45, 7) is 0. The van der Waals surface area contributed by atoms with Crippen LogP contribution < -0.4 is 0 Å². The van der Waals surface area contributed by atoms with Crippen LogP contribution in [0.5, 0.6) is 0 Å². The Labute approximate surface area is 198 Å². The van der Waals surface area contributed by atoms with E-state index in [1.807, 2.05) is 12.1 Å². The number of aromatic nitrogens is 5. The van der Waals surface area contributed by atoms with E-state index in [9.17, 15) is 8.78 Å². The first kappa shape index (κ1) is 20.9. The van der Waals surface area contributed by atoms with Crippen molar-refractivity contribution in [1.29, 1.82) is 0 Å². The number of halogens is 3. The van der Waals surface area contributed by atoms with Gasteiger partial charge < -0.3 is 8.98 Å². The SMILES string of the molecule is Cn1cnnc1-c1cc(F)ccc1-c1cc(-c2nc3cc(CCl)cc(F)c3o2)nc(C2CC2)c1. The average molecular weight is 478 g/mol. The van der Waals surface area contributed by atoms with Crippen LogP contribution in [0.4, 0.5) is 8.78 Å². The maximum absolute atomic E-state index is 14.5. The molecule has 9 heteroatoms. The molecular weight excluding hydrogens is 460 g/mol. The molecule has 0 N–H and O–H groups in total. The standard InChI is InChI=1S/C25H18ClF2N5O/c1-33-12-29-32-24(33)18-10-16(27)4-5-17(18)15-8-20(14-2-3-14)30-22(9-15)25-31-21-7-13(11-26)6-19(28)23(21)34-25/h4-10,12,14H,2-3,11H2,1H3. The number of aryl methyl sites for hydroxylation is 1. The van der Waals surface area contributed by atoms with Crippen LogP contribution in [0.2, 0.25) is 0 Å². The fourth-order valence-electron chi connectivity index (χ4n) is 4.12. The van der Waals surface area contributed by atoms with Crippen LogP contribution in [-0.2, 0) is 12.9 Å². The molecule has 6 rings (SSSR count). The van der Waals surface area contributed by atoms with Crippen molar-refractivity contribution in [3.05, 3.63) is 71.7 Å². The molecule has 5 aromatic rings. The number of nitrogens with zero attached hydrogens (tertiary/aromatic N) is 5. The zero-order chi connectivity index (χ0) is 23.4. The average Bonchev–Trinajstić information content (AvgIpc) is 3.46. The highest BCUT2D eigenvalue weighted by atomic mass is 35.5. The van der Waals surface area contributed by atoms with Gasteiger partial charge in [0, 0.05) is 30.1 Å². The molecule has 1 fully saturated rings. The lowest BCUT2D eigenvalue weighted by Gasteiger charge is -2.12. The second-order valence-electron chi connectivity index (χ2n) is 8.47. The number of alkyl halides is 1. The molecule has 0 unspecified atom stereocenters. The molecule has 0 amide bonds. The van der Waals surface area contributed by atoms with E-state index in [0.717, 1.165) is 29.7 Å². The van der Waals surface area contributed by atoms with Crippen molar-refractivity contribution < 1.29 is 13.2 Å². The van der Waals surface area contributed by atoms with Gasteiger partial charge in [0.25, 0.3) is 0 Å². The summed E-state index contributed by atoms with van der Waals surface area (Å²) in [4.78, 5) is 9.27. The molecule has 0 saturated heterocycles. The van der Waals surface area contributed by atoms with Crippen LogP contribution in [0.25, 0.3) is 45.2 Å². The van der Waals surface area contributed by atoms with Gasteiger partial charge in [-0.05, 0) is 65.9 Å². The third kappa shape index (κ3) is 3.64. The Morgan fingerprint density at radius 2 is 1.91 bits per heavy atom. The summed E-state index contributed by atoms with van der Waals surface area (Å²) in [5.41, 5.74) is 4.63. The van der Waals surface area contributed by atoms with Gasteiger partial charge in [-0.1, -0.05) is 6.07 Å². The van der Waals surface area contributed by atoms with Crippen LogP contribution >= 0.6 is 11.6 Å². The van der Waals surface area contributed by atoms with Crippen molar-refractivity contribution in [3.8, 4) is 34.1 Å². The monoisotopic (exact) mass is 477 g/mol. The summed E-state index contributed by atoms with van der Waals surface area (Å²) in [5, 5.41) is 8.10. The normalized spacial score (nSPS) is 13.6. The number of rotatable bonds is 5. The van der Waals surface area contributed by atoms with Crippen LogP contribution in [0.3, 0.4) is 0 Å². The Kier molecular flexibility index (Phi) is 4.91. The smallest absolute Gasteiger partial charge is 0.246 e. The van der Waals surface area contributed by atoms with Gasteiger partial charge in [-0.15, -0.1) is 21.8 Å². The molecule has 6 nitrogen and oxygen atoms in total. The van der Waals surface area contributed by atoms with Crippen molar-refractivity contribution in [2.24, 2.45) is 7.05 Å². The molecule has 170 valence electrons. The van der Waals surface area contributed by atoms with Gasteiger partial charge in [-0.25, -0.2) is 18.7 Å². The number of fused-ring (bicyclic) bond motifs is 1. The molecule has 0 bridgehead atoms. The fourth-order valence-corrected chi connectivity index (χ4v) is 4.27. The highest BCUT2D eigenvalue weighted by Crippen LogP contribution is 2.42. The van der Waals surface area contributed by atoms with Gasteiger partial charge in [0.05, 0.1) is 0 Å². The number of pyridine rings is 1. The predicted octanol–water partition coefficient (Wildman–Crippen LogP) is 6.25. The number of hydrogen-bond donors (Lipinski definition) is 0. The van der Waals surface area contributed by atoms with E-state index in [1.165, 1.54) is 18.2 Å². The summed E-state index contributed by atoms with van der Waals surface area (Å²) in [6.07, 6.45) is 3.65. The molecule has 1 saturated carbocycles. The Hall–Kier alpha value is -3.65. The van der Waals surface area contributed by atoms with Gasteiger partial charge in [-0.3, -0.25) is 0 Å². The van der Waals surface area contributed by atoms with Crippen LogP contribution in [-0.4, -0.2) is 24.7 Å². The molecule has 1 aliphatic rings. The van der Waals surface area contributed by atoms with Crippen LogP contribution in [0.15, 0.2) is 53.2 Å². The molecule has 0 atom stereocenters. The summed E-state index contributed by atoms with van der Waals surface area (Å²) in [5.74, 6) is 0.368. The Bertz CT molecular complexity index is 1560. The molecule has 0 spiro atoms. The van der Waals surface area contributed by atoms with Crippen molar-refractivity contribution in [3.63, 3.8) is 0 Å². The largest absolute Gasteiger partial charge is 0.432 e. The van der Waals surface area contributed by atoms with Gasteiger partial charge in [0.1, 0.15) is 23.4 Å². The van der Waals surface area contributed by atoms with Crippen molar-refractivity contribution >= 4 is 22.7 Å².